The number of benzene rings is 3. The van der Waals surface area contributed by atoms with Crippen LogP contribution in [0.1, 0.15) is 18.1 Å². The molecule has 192 valence electrons. The van der Waals surface area contributed by atoms with Crippen molar-refractivity contribution in [1.29, 1.82) is 0 Å². The van der Waals surface area contributed by atoms with Crippen LogP contribution in [0.25, 0.3) is 0 Å². The third-order valence-corrected chi connectivity index (χ3v) is 5.80. The average molecular weight is 588 g/mol. The topological polar surface area (TPSA) is 118 Å². The molecule has 0 spiro atoms. The van der Waals surface area contributed by atoms with Crippen LogP contribution in [-0.4, -0.2) is 37.7 Å². The first-order valence-electron chi connectivity index (χ1n) is 11.1. The van der Waals surface area contributed by atoms with Crippen molar-refractivity contribution in [3.63, 3.8) is 0 Å². The van der Waals surface area contributed by atoms with E-state index in [1.54, 1.807) is 48.5 Å². The van der Waals surface area contributed by atoms with Crippen molar-refractivity contribution < 1.29 is 23.9 Å². The van der Waals surface area contributed by atoms with Gasteiger partial charge in [0.15, 0.2) is 18.1 Å². The van der Waals surface area contributed by atoms with Gasteiger partial charge in [0.05, 0.1) is 17.8 Å². The normalized spacial score (nSPS) is 10.6. The molecule has 0 heterocycles. The summed E-state index contributed by atoms with van der Waals surface area (Å²) in [6.45, 7) is 1.69. The SMILES string of the molecule is CCc1ccccc1NC(=O)C(=O)N/N=C\c1cc(Br)c(OCC(=O)Nc2ccc(Cl)cc2)c(OC)c1. The van der Waals surface area contributed by atoms with Gasteiger partial charge in [0, 0.05) is 16.4 Å². The van der Waals surface area contributed by atoms with Crippen molar-refractivity contribution in [2.24, 2.45) is 5.10 Å². The molecule has 0 aromatic heterocycles. The Morgan fingerprint density at radius 1 is 1.03 bits per heavy atom. The van der Waals surface area contributed by atoms with Gasteiger partial charge in [0.1, 0.15) is 0 Å². The number of carbonyl (C=O) groups excluding carboxylic acids is 3. The van der Waals surface area contributed by atoms with Crippen molar-refractivity contribution in [3.05, 3.63) is 81.3 Å². The van der Waals surface area contributed by atoms with Gasteiger partial charge in [-0.2, -0.15) is 5.10 Å². The molecule has 0 bridgehead atoms. The fourth-order valence-corrected chi connectivity index (χ4v) is 3.87. The molecule has 0 saturated carbocycles. The van der Waals surface area contributed by atoms with Crippen LogP contribution >= 0.6 is 27.5 Å². The fourth-order valence-electron chi connectivity index (χ4n) is 3.17. The third-order valence-electron chi connectivity index (χ3n) is 4.96. The predicted octanol–water partition coefficient (Wildman–Crippen LogP) is 4.78. The zero-order valence-electron chi connectivity index (χ0n) is 20.0. The van der Waals surface area contributed by atoms with Crippen molar-refractivity contribution in [2.75, 3.05) is 24.4 Å². The van der Waals surface area contributed by atoms with Crippen LogP contribution in [0.15, 0.2) is 70.2 Å². The second-order valence-corrected chi connectivity index (χ2v) is 8.83. The molecule has 3 N–H and O–H groups in total. The lowest BCUT2D eigenvalue weighted by Crippen LogP contribution is -2.32. The Morgan fingerprint density at radius 3 is 2.46 bits per heavy atom. The molecule has 3 aromatic rings. The standard InChI is InChI=1S/C26H24BrClN4O5/c1-3-17-6-4-5-7-21(17)31-25(34)26(35)32-29-14-16-12-20(27)24(22(13-16)36-2)37-15-23(33)30-19-10-8-18(28)9-11-19/h4-14H,3,15H2,1-2H3,(H,30,33)(H,31,34)(H,32,35)/b29-14-. The van der Waals surface area contributed by atoms with E-state index in [0.717, 1.165) is 5.56 Å². The summed E-state index contributed by atoms with van der Waals surface area (Å²) in [5.74, 6) is -1.49. The first-order chi connectivity index (χ1) is 17.8. The van der Waals surface area contributed by atoms with E-state index in [1.807, 2.05) is 19.1 Å². The van der Waals surface area contributed by atoms with Crippen molar-refractivity contribution >= 4 is 62.8 Å². The van der Waals surface area contributed by atoms with E-state index < -0.39 is 11.8 Å². The molecule has 3 aromatic carbocycles. The molecule has 37 heavy (non-hydrogen) atoms. The number of nitrogens with one attached hydrogen (secondary N) is 3. The maximum atomic E-state index is 12.2. The zero-order valence-corrected chi connectivity index (χ0v) is 22.4. The van der Waals surface area contributed by atoms with Gasteiger partial charge < -0.3 is 20.1 Å². The molecule has 0 atom stereocenters. The molecular weight excluding hydrogens is 564 g/mol. The molecule has 0 aliphatic heterocycles. The summed E-state index contributed by atoms with van der Waals surface area (Å²) >= 11 is 9.24. The van der Waals surface area contributed by atoms with E-state index >= 15 is 0 Å². The lowest BCUT2D eigenvalue weighted by atomic mass is 10.1. The highest BCUT2D eigenvalue weighted by molar-refractivity contribution is 9.10. The van der Waals surface area contributed by atoms with Gasteiger partial charge >= 0.3 is 11.8 Å². The number of hydrogen-bond acceptors (Lipinski definition) is 6. The number of anilines is 2. The molecule has 0 aliphatic rings. The minimum atomic E-state index is -0.917. The number of nitrogens with zero attached hydrogens (tertiary/aromatic N) is 1. The Hall–Kier alpha value is -3.89. The number of carbonyl (C=O) groups is 3. The Labute approximate surface area is 227 Å². The quantitative estimate of drug-likeness (QED) is 0.189. The second-order valence-electron chi connectivity index (χ2n) is 7.54. The number of halogens is 2. The highest BCUT2D eigenvalue weighted by atomic mass is 79.9. The van der Waals surface area contributed by atoms with Gasteiger partial charge in [-0.15, -0.1) is 0 Å². The van der Waals surface area contributed by atoms with E-state index in [-0.39, 0.29) is 12.5 Å². The molecule has 0 unspecified atom stereocenters. The highest BCUT2D eigenvalue weighted by Crippen LogP contribution is 2.36. The molecular formula is C26H24BrClN4O5. The zero-order chi connectivity index (χ0) is 26.8. The maximum Gasteiger partial charge on any atom is 0.329 e. The van der Waals surface area contributed by atoms with Crippen molar-refractivity contribution in [2.45, 2.75) is 13.3 Å². The molecule has 0 saturated heterocycles. The number of rotatable bonds is 9. The van der Waals surface area contributed by atoms with Gasteiger partial charge in [-0.3, -0.25) is 14.4 Å². The Bertz CT molecular complexity index is 1310. The first kappa shape index (κ1) is 27.7. The summed E-state index contributed by atoms with van der Waals surface area (Å²) in [6.07, 6.45) is 2.05. The summed E-state index contributed by atoms with van der Waals surface area (Å²) in [5.41, 5.74) is 4.80. The molecule has 11 heteroatoms. The van der Waals surface area contributed by atoms with Crippen LogP contribution in [-0.2, 0) is 20.8 Å². The summed E-state index contributed by atoms with van der Waals surface area (Å²) in [7, 11) is 1.45. The average Bonchev–Trinajstić information content (AvgIpc) is 2.89. The van der Waals surface area contributed by atoms with E-state index in [9.17, 15) is 14.4 Å². The van der Waals surface area contributed by atoms with Crippen LogP contribution < -0.4 is 25.5 Å². The monoisotopic (exact) mass is 586 g/mol. The molecule has 0 radical (unpaired) electrons. The molecule has 3 amide bonds. The number of aryl methyl sites for hydroxylation is 1. The second kappa shape index (κ2) is 13.4. The van der Waals surface area contributed by atoms with Gasteiger partial charge in [-0.1, -0.05) is 36.7 Å². The Morgan fingerprint density at radius 2 is 1.76 bits per heavy atom. The van der Waals surface area contributed by atoms with Crippen LogP contribution in [0.4, 0.5) is 11.4 Å². The largest absolute Gasteiger partial charge is 0.493 e. The highest BCUT2D eigenvalue weighted by Gasteiger charge is 2.15. The molecule has 0 aliphatic carbocycles. The molecule has 0 fully saturated rings. The summed E-state index contributed by atoms with van der Waals surface area (Å²) in [4.78, 5) is 36.6. The van der Waals surface area contributed by atoms with Gasteiger partial charge in [0.25, 0.3) is 5.91 Å². The summed E-state index contributed by atoms with van der Waals surface area (Å²) in [6, 6.07) is 17.2. The van der Waals surface area contributed by atoms with E-state index in [2.05, 4.69) is 37.1 Å². The fraction of sp³-hybridized carbons (Fsp3) is 0.154. The number of ether oxygens (including phenoxy) is 2. The lowest BCUT2D eigenvalue weighted by molar-refractivity contribution is -0.136. The number of hydrazone groups is 1. The van der Waals surface area contributed by atoms with Gasteiger partial charge in [-0.05, 0) is 75.9 Å². The van der Waals surface area contributed by atoms with Gasteiger partial charge in [0.2, 0.25) is 0 Å². The smallest absolute Gasteiger partial charge is 0.329 e. The Kier molecular flexibility index (Phi) is 10.0. The summed E-state index contributed by atoms with van der Waals surface area (Å²) in [5, 5.41) is 9.69. The first-order valence-corrected chi connectivity index (χ1v) is 12.3. The van der Waals surface area contributed by atoms with E-state index in [1.165, 1.54) is 13.3 Å². The van der Waals surface area contributed by atoms with Crippen LogP contribution in [0.3, 0.4) is 0 Å². The van der Waals surface area contributed by atoms with Crippen LogP contribution in [0.5, 0.6) is 11.5 Å². The number of para-hydroxylation sites is 1. The van der Waals surface area contributed by atoms with Crippen molar-refractivity contribution in [1.82, 2.24) is 5.43 Å². The van der Waals surface area contributed by atoms with Gasteiger partial charge in [-0.25, -0.2) is 5.43 Å². The molecule has 9 nitrogen and oxygen atoms in total. The predicted molar refractivity (Wildman–Crippen MR) is 146 cm³/mol. The lowest BCUT2D eigenvalue weighted by Gasteiger charge is -2.13. The third kappa shape index (κ3) is 8.06. The maximum absolute atomic E-state index is 12.2. The number of hydrogen-bond donors (Lipinski definition) is 3. The minimum absolute atomic E-state index is 0.267. The number of methoxy groups -OCH3 is 1. The van der Waals surface area contributed by atoms with E-state index in [0.29, 0.717) is 44.4 Å². The van der Waals surface area contributed by atoms with Crippen LogP contribution in [0, 0.1) is 0 Å². The summed E-state index contributed by atoms with van der Waals surface area (Å²) < 4.78 is 11.5. The Balaban J connectivity index is 1.58. The van der Waals surface area contributed by atoms with Crippen molar-refractivity contribution in [3.8, 4) is 11.5 Å². The van der Waals surface area contributed by atoms with E-state index in [4.69, 9.17) is 21.1 Å². The number of amides is 3. The minimum Gasteiger partial charge on any atom is -0.493 e. The molecule has 3 rings (SSSR count). The van der Waals surface area contributed by atoms with Crippen LogP contribution in [0.2, 0.25) is 5.02 Å².